The van der Waals surface area contributed by atoms with Crippen LogP contribution in [0.2, 0.25) is 0 Å². The van der Waals surface area contributed by atoms with Crippen LogP contribution in [0.4, 0.5) is 0 Å². The Hall–Kier alpha value is -1.42. The van der Waals surface area contributed by atoms with E-state index in [0.717, 1.165) is 38.0 Å². The van der Waals surface area contributed by atoms with Crippen molar-refractivity contribution in [2.45, 2.75) is 26.2 Å². The van der Waals surface area contributed by atoms with E-state index in [2.05, 4.69) is 4.98 Å². The fourth-order valence-corrected chi connectivity index (χ4v) is 1.67. The van der Waals surface area contributed by atoms with Gasteiger partial charge in [-0.1, -0.05) is 6.42 Å². The summed E-state index contributed by atoms with van der Waals surface area (Å²) in [5.41, 5.74) is 7.00. The number of carbonyl (C=O) groups is 1. The number of carbonyl (C=O) groups excluding carboxylic acids is 1. The van der Waals surface area contributed by atoms with Gasteiger partial charge < -0.3 is 10.6 Å². The number of nitrogens with zero attached hydrogens (tertiary/aromatic N) is 2. The summed E-state index contributed by atoms with van der Waals surface area (Å²) in [5.74, 6) is 0.0586. The zero-order valence-corrected chi connectivity index (χ0v) is 10.6. The normalized spacial score (nSPS) is 10.3. The average Bonchev–Trinajstić information content (AvgIpc) is 2.33. The summed E-state index contributed by atoms with van der Waals surface area (Å²) in [6, 6.07) is 3.57. The molecule has 0 bridgehead atoms. The molecule has 0 aliphatic heterocycles. The lowest BCUT2D eigenvalue weighted by Gasteiger charge is -2.17. The highest BCUT2D eigenvalue weighted by atomic mass is 16.2. The molecule has 4 heteroatoms. The van der Waals surface area contributed by atoms with Gasteiger partial charge in [-0.25, -0.2) is 0 Å². The van der Waals surface area contributed by atoms with E-state index in [-0.39, 0.29) is 5.91 Å². The minimum absolute atomic E-state index is 0.0586. The minimum atomic E-state index is 0.0586. The third kappa shape index (κ3) is 4.53. The summed E-state index contributed by atoms with van der Waals surface area (Å²) in [7, 11) is 1.83. The summed E-state index contributed by atoms with van der Waals surface area (Å²) in [4.78, 5) is 17.9. The van der Waals surface area contributed by atoms with Gasteiger partial charge in [0.15, 0.2) is 0 Å². The zero-order valence-electron chi connectivity index (χ0n) is 10.6. The smallest absolute Gasteiger partial charge is 0.253 e. The van der Waals surface area contributed by atoms with Crippen LogP contribution in [0, 0.1) is 6.92 Å². The van der Waals surface area contributed by atoms with Gasteiger partial charge in [0.25, 0.3) is 5.91 Å². The Morgan fingerprint density at radius 3 is 2.82 bits per heavy atom. The lowest BCUT2D eigenvalue weighted by Crippen LogP contribution is -2.27. The standard InChI is InChI=1S/C13H21N3O/c1-11-10-12(6-8-15-11)13(17)16(2)9-5-3-4-7-14/h6,8,10H,3-5,7,9,14H2,1-2H3. The first-order valence-corrected chi connectivity index (χ1v) is 6.03. The maximum Gasteiger partial charge on any atom is 0.253 e. The van der Waals surface area contributed by atoms with Gasteiger partial charge in [-0.15, -0.1) is 0 Å². The van der Waals surface area contributed by atoms with Gasteiger partial charge in [0, 0.05) is 31.0 Å². The number of hydrogen-bond acceptors (Lipinski definition) is 3. The second-order valence-electron chi connectivity index (χ2n) is 4.26. The summed E-state index contributed by atoms with van der Waals surface area (Å²) < 4.78 is 0. The van der Waals surface area contributed by atoms with Gasteiger partial charge >= 0.3 is 0 Å². The van der Waals surface area contributed by atoms with E-state index in [4.69, 9.17) is 5.73 Å². The van der Waals surface area contributed by atoms with E-state index < -0.39 is 0 Å². The monoisotopic (exact) mass is 235 g/mol. The molecule has 0 atom stereocenters. The molecule has 1 heterocycles. The van der Waals surface area contributed by atoms with Crippen molar-refractivity contribution in [2.75, 3.05) is 20.1 Å². The maximum absolute atomic E-state index is 12.0. The van der Waals surface area contributed by atoms with Crippen LogP contribution in [0.3, 0.4) is 0 Å². The lowest BCUT2D eigenvalue weighted by atomic mass is 10.2. The predicted molar refractivity (Wildman–Crippen MR) is 68.8 cm³/mol. The number of amides is 1. The van der Waals surface area contributed by atoms with Crippen LogP contribution in [-0.2, 0) is 0 Å². The number of aromatic nitrogens is 1. The first-order valence-electron chi connectivity index (χ1n) is 6.03. The highest BCUT2D eigenvalue weighted by molar-refractivity contribution is 5.94. The Bertz CT molecular complexity index is 365. The molecule has 1 aromatic heterocycles. The van der Waals surface area contributed by atoms with Gasteiger partial charge in [-0.05, 0) is 38.4 Å². The van der Waals surface area contributed by atoms with Crippen molar-refractivity contribution in [1.29, 1.82) is 0 Å². The first kappa shape index (κ1) is 13.6. The van der Waals surface area contributed by atoms with Crippen LogP contribution >= 0.6 is 0 Å². The molecule has 0 aromatic carbocycles. The molecule has 94 valence electrons. The van der Waals surface area contributed by atoms with E-state index in [9.17, 15) is 4.79 Å². The Kier molecular flexibility index (Phi) is 5.63. The largest absolute Gasteiger partial charge is 0.342 e. The van der Waals surface area contributed by atoms with Gasteiger partial charge in [0.05, 0.1) is 0 Å². The van der Waals surface area contributed by atoms with Crippen LogP contribution in [-0.4, -0.2) is 35.9 Å². The summed E-state index contributed by atoms with van der Waals surface area (Å²) in [6.07, 6.45) is 4.77. The molecule has 1 rings (SSSR count). The van der Waals surface area contributed by atoms with Crippen molar-refractivity contribution in [3.63, 3.8) is 0 Å². The fourth-order valence-electron chi connectivity index (χ4n) is 1.67. The summed E-state index contributed by atoms with van der Waals surface area (Å²) in [6.45, 7) is 3.39. The van der Waals surface area contributed by atoms with E-state index in [1.165, 1.54) is 0 Å². The molecule has 1 aromatic rings. The summed E-state index contributed by atoms with van der Waals surface area (Å²) in [5, 5.41) is 0. The SMILES string of the molecule is Cc1cc(C(=O)N(C)CCCCCN)ccn1. The lowest BCUT2D eigenvalue weighted by molar-refractivity contribution is 0.0792. The molecule has 4 nitrogen and oxygen atoms in total. The molecule has 0 unspecified atom stereocenters. The number of pyridine rings is 1. The average molecular weight is 235 g/mol. The molecule has 2 N–H and O–H groups in total. The van der Waals surface area contributed by atoms with Crippen molar-refractivity contribution in [3.05, 3.63) is 29.6 Å². The quantitative estimate of drug-likeness (QED) is 0.762. The maximum atomic E-state index is 12.0. The molecule has 0 saturated carbocycles. The molecule has 1 amide bonds. The van der Waals surface area contributed by atoms with Gasteiger partial charge in [-0.3, -0.25) is 9.78 Å². The molecule has 0 fully saturated rings. The molecular weight excluding hydrogens is 214 g/mol. The molecule has 0 spiro atoms. The van der Waals surface area contributed by atoms with E-state index in [1.54, 1.807) is 17.2 Å². The van der Waals surface area contributed by atoms with Crippen LogP contribution in [0.1, 0.15) is 35.3 Å². The van der Waals surface area contributed by atoms with Gasteiger partial charge in [0.1, 0.15) is 0 Å². The van der Waals surface area contributed by atoms with Crippen molar-refractivity contribution in [3.8, 4) is 0 Å². The highest BCUT2D eigenvalue weighted by Crippen LogP contribution is 2.06. The van der Waals surface area contributed by atoms with Crippen molar-refractivity contribution in [2.24, 2.45) is 5.73 Å². The van der Waals surface area contributed by atoms with Crippen LogP contribution in [0.5, 0.6) is 0 Å². The molecular formula is C13H21N3O. The number of rotatable bonds is 6. The van der Waals surface area contributed by atoms with Gasteiger partial charge in [0.2, 0.25) is 0 Å². The zero-order chi connectivity index (χ0) is 12.7. The van der Waals surface area contributed by atoms with E-state index in [1.807, 2.05) is 20.0 Å². The van der Waals surface area contributed by atoms with E-state index in [0.29, 0.717) is 5.56 Å². The second-order valence-corrected chi connectivity index (χ2v) is 4.26. The number of aryl methyl sites for hydroxylation is 1. The predicted octanol–water partition coefficient (Wildman–Crippen LogP) is 1.59. The Morgan fingerprint density at radius 2 is 2.18 bits per heavy atom. The third-order valence-electron chi connectivity index (χ3n) is 2.69. The van der Waals surface area contributed by atoms with Crippen LogP contribution in [0.15, 0.2) is 18.3 Å². The molecule has 0 aliphatic carbocycles. The molecule has 17 heavy (non-hydrogen) atoms. The van der Waals surface area contributed by atoms with E-state index >= 15 is 0 Å². The van der Waals surface area contributed by atoms with Crippen LogP contribution in [0.25, 0.3) is 0 Å². The van der Waals surface area contributed by atoms with Crippen molar-refractivity contribution >= 4 is 5.91 Å². The van der Waals surface area contributed by atoms with Crippen molar-refractivity contribution < 1.29 is 4.79 Å². The highest BCUT2D eigenvalue weighted by Gasteiger charge is 2.11. The van der Waals surface area contributed by atoms with Crippen molar-refractivity contribution in [1.82, 2.24) is 9.88 Å². The van der Waals surface area contributed by atoms with Gasteiger partial charge in [-0.2, -0.15) is 0 Å². The molecule has 0 aliphatic rings. The van der Waals surface area contributed by atoms with Crippen LogP contribution < -0.4 is 5.73 Å². The fraction of sp³-hybridized carbons (Fsp3) is 0.538. The summed E-state index contributed by atoms with van der Waals surface area (Å²) >= 11 is 0. The first-order chi connectivity index (χ1) is 8.15. The third-order valence-corrected chi connectivity index (χ3v) is 2.69. The Morgan fingerprint density at radius 1 is 1.41 bits per heavy atom. The topological polar surface area (TPSA) is 59.2 Å². The molecule has 0 saturated heterocycles. The second kappa shape index (κ2) is 7.01. The number of unbranched alkanes of at least 4 members (excludes halogenated alkanes) is 2. The molecule has 0 radical (unpaired) electrons. The Balaban J connectivity index is 2.46. The number of hydrogen-bond donors (Lipinski definition) is 1. The minimum Gasteiger partial charge on any atom is -0.342 e. The number of nitrogens with two attached hydrogens (primary N) is 1. The Labute approximate surface area is 103 Å².